The highest BCUT2D eigenvalue weighted by molar-refractivity contribution is 5.87. The molecular formula is C27H30O. The molecule has 0 amide bonds. The number of benzene rings is 3. The van der Waals surface area contributed by atoms with Gasteiger partial charge in [0.15, 0.2) is 0 Å². The third-order valence-electron chi connectivity index (χ3n) is 6.18. The summed E-state index contributed by atoms with van der Waals surface area (Å²) in [7, 11) is 0. The second-order valence-electron chi connectivity index (χ2n) is 9.26. The molecule has 0 heterocycles. The Bertz CT molecular complexity index is 955. The first kappa shape index (κ1) is 18.8. The lowest BCUT2D eigenvalue weighted by Gasteiger charge is -2.40. The smallest absolute Gasteiger partial charge is 0.123 e. The first-order valence-corrected chi connectivity index (χ1v) is 10.4. The van der Waals surface area contributed by atoms with E-state index >= 15 is 0 Å². The van der Waals surface area contributed by atoms with Crippen LogP contribution in [0.2, 0.25) is 0 Å². The number of rotatable bonds is 3. The minimum atomic E-state index is 0.337. The third kappa shape index (κ3) is 3.71. The monoisotopic (exact) mass is 370 g/mol. The van der Waals surface area contributed by atoms with E-state index in [-0.39, 0.29) is 0 Å². The molecular weight excluding hydrogens is 340 g/mol. The Morgan fingerprint density at radius 1 is 0.786 bits per heavy atom. The molecule has 0 aliphatic heterocycles. The highest BCUT2D eigenvalue weighted by Gasteiger charge is 2.34. The van der Waals surface area contributed by atoms with Crippen molar-refractivity contribution in [2.24, 2.45) is 11.3 Å². The van der Waals surface area contributed by atoms with Crippen molar-refractivity contribution in [1.82, 2.24) is 0 Å². The summed E-state index contributed by atoms with van der Waals surface area (Å²) in [5.74, 6) is 1.56. The Morgan fingerprint density at radius 3 is 2.18 bits per heavy atom. The van der Waals surface area contributed by atoms with E-state index in [2.05, 4.69) is 75.4 Å². The molecule has 3 aromatic rings. The molecule has 0 radical (unpaired) electrons. The molecule has 2 atom stereocenters. The molecule has 0 aromatic heterocycles. The largest absolute Gasteiger partial charge is 0.507 e. The van der Waals surface area contributed by atoms with Gasteiger partial charge in [0.25, 0.3) is 0 Å². The van der Waals surface area contributed by atoms with Crippen LogP contribution in [0.5, 0.6) is 5.75 Å². The first-order chi connectivity index (χ1) is 13.4. The van der Waals surface area contributed by atoms with Crippen molar-refractivity contribution < 1.29 is 5.11 Å². The zero-order valence-electron chi connectivity index (χ0n) is 17.2. The van der Waals surface area contributed by atoms with Gasteiger partial charge in [-0.3, -0.25) is 0 Å². The van der Waals surface area contributed by atoms with Gasteiger partial charge in [-0.25, -0.2) is 0 Å². The lowest BCUT2D eigenvalue weighted by atomic mass is 9.65. The second-order valence-corrected chi connectivity index (χ2v) is 9.26. The van der Waals surface area contributed by atoms with Crippen LogP contribution in [0.1, 0.15) is 51.5 Å². The molecule has 28 heavy (non-hydrogen) atoms. The summed E-state index contributed by atoms with van der Waals surface area (Å²) in [5, 5.41) is 10.9. The van der Waals surface area contributed by atoms with E-state index in [0.29, 0.717) is 23.0 Å². The van der Waals surface area contributed by atoms with E-state index < -0.39 is 0 Å². The van der Waals surface area contributed by atoms with E-state index in [1.165, 1.54) is 36.0 Å². The summed E-state index contributed by atoms with van der Waals surface area (Å²) in [6, 6.07) is 25.0. The highest BCUT2D eigenvalue weighted by atomic mass is 16.3. The fourth-order valence-electron chi connectivity index (χ4n) is 5.34. The Balaban J connectivity index is 1.87. The molecule has 1 N–H and O–H groups in total. The summed E-state index contributed by atoms with van der Waals surface area (Å²) >= 11 is 0. The Kier molecular flexibility index (Phi) is 5.02. The molecule has 3 aromatic carbocycles. The van der Waals surface area contributed by atoms with Crippen LogP contribution in [0.15, 0.2) is 72.8 Å². The van der Waals surface area contributed by atoms with Crippen LogP contribution in [0, 0.1) is 11.3 Å². The number of hydrogen-bond donors (Lipinski definition) is 1. The van der Waals surface area contributed by atoms with Crippen molar-refractivity contribution >= 4 is 0 Å². The molecule has 2 unspecified atom stereocenters. The van der Waals surface area contributed by atoms with Crippen LogP contribution >= 0.6 is 0 Å². The van der Waals surface area contributed by atoms with E-state index in [1.54, 1.807) is 0 Å². The van der Waals surface area contributed by atoms with Gasteiger partial charge in [-0.2, -0.15) is 0 Å². The van der Waals surface area contributed by atoms with Crippen LogP contribution in [-0.4, -0.2) is 5.11 Å². The van der Waals surface area contributed by atoms with Gasteiger partial charge in [0.05, 0.1) is 0 Å². The highest BCUT2D eigenvalue weighted by Crippen LogP contribution is 2.50. The maximum Gasteiger partial charge on any atom is 0.123 e. The number of phenolic OH excluding ortho intramolecular Hbond substituents is 1. The zero-order chi connectivity index (χ0) is 19.7. The fourth-order valence-corrected chi connectivity index (χ4v) is 5.34. The van der Waals surface area contributed by atoms with Crippen molar-refractivity contribution in [2.45, 2.75) is 46.0 Å². The summed E-state index contributed by atoms with van der Waals surface area (Å²) in [6.07, 6.45) is 3.63. The predicted octanol–water partition coefficient (Wildman–Crippen LogP) is 7.66. The maximum absolute atomic E-state index is 10.9. The molecule has 1 nitrogen and oxygen atoms in total. The van der Waals surface area contributed by atoms with E-state index in [9.17, 15) is 5.11 Å². The summed E-state index contributed by atoms with van der Waals surface area (Å²) in [4.78, 5) is 0. The maximum atomic E-state index is 10.9. The first-order valence-electron chi connectivity index (χ1n) is 10.4. The van der Waals surface area contributed by atoms with Crippen molar-refractivity contribution in [3.8, 4) is 28.0 Å². The van der Waals surface area contributed by atoms with Gasteiger partial charge in [0.2, 0.25) is 0 Å². The normalized spacial score (nSPS) is 21.4. The van der Waals surface area contributed by atoms with Gasteiger partial charge in [-0.1, -0.05) is 87.5 Å². The molecule has 144 valence electrons. The summed E-state index contributed by atoms with van der Waals surface area (Å²) in [6.45, 7) is 7.14. The molecule has 1 aliphatic rings. The van der Waals surface area contributed by atoms with Crippen LogP contribution in [0.25, 0.3) is 22.3 Å². The van der Waals surface area contributed by atoms with Crippen molar-refractivity contribution in [3.05, 3.63) is 78.4 Å². The van der Waals surface area contributed by atoms with Crippen LogP contribution in [-0.2, 0) is 0 Å². The molecule has 0 bridgehead atoms. The molecule has 1 fully saturated rings. The lowest BCUT2D eigenvalue weighted by Crippen LogP contribution is -2.26. The average molecular weight is 371 g/mol. The van der Waals surface area contributed by atoms with Crippen molar-refractivity contribution in [3.63, 3.8) is 0 Å². The van der Waals surface area contributed by atoms with Gasteiger partial charge < -0.3 is 5.11 Å². The molecule has 1 aliphatic carbocycles. The standard InChI is InChI=1S/C27H30O/c1-19-16-21(18-27(2,3)17-19)23-14-9-15-25(28)26(23)24-13-8-7-12-22(24)20-10-5-4-6-11-20/h4-15,19,21,28H,16-18H2,1-3H3. The van der Waals surface area contributed by atoms with Crippen LogP contribution in [0.3, 0.4) is 0 Å². The number of aromatic hydroxyl groups is 1. The summed E-state index contributed by atoms with van der Waals surface area (Å²) in [5.41, 5.74) is 6.13. The van der Waals surface area contributed by atoms with E-state index in [4.69, 9.17) is 0 Å². The molecule has 1 heteroatoms. The average Bonchev–Trinajstić information content (AvgIpc) is 2.67. The van der Waals surface area contributed by atoms with Gasteiger partial charge in [-0.15, -0.1) is 0 Å². The van der Waals surface area contributed by atoms with Gasteiger partial charge in [0.1, 0.15) is 5.75 Å². The van der Waals surface area contributed by atoms with Gasteiger partial charge in [0, 0.05) is 5.56 Å². The summed E-state index contributed by atoms with van der Waals surface area (Å²) < 4.78 is 0. The molecule has 4 rings (SSSR count). The van der Waals surface area contributed by atoms with Gasteiger partial charge >= 0.3 is 0 Å². The minimum absolute atomic E-state index is 0.337. The van der Waals surface area contributed by atoms with Crippen LogP contribution in [0.4, 0.5) is 0 Å². The predicted molar refractivity (Wildman–Crippen MR) is 119 cm³/mol. The minimum Gasteiger partial charge on any atom is -0.507 e. The Morgan fingerprint density at radius 2 is 1.46 bits per heavy atom. The van der Waals surface area contributed by atoms with E-state index in [1.807, 2.05) is 18.2 Å². The number of phenols is 1. The zero-order valence-corrected chi connectivity index (χ0v) is 17.2. The van der Waals surface area contributed by atoms with Gasteiger partial charge in [-0.05, 0) is 64.8 Å². The van der Waals surface area contributed by atoms with Crippen LogP contribution < -0.4 is 0 Å². The third-order valence-corrected chi connectivity index (χ3v) is 6.18. The Hall–Kier alpha value is -2.54. The topological polar surface area (TPSA) is 20.2 Å². The number of hydrogen-bond acceptors (Lipinski definition) is 1. The van der Waals surface area contributed by atoms with Crippen molar-refractivity contribution in [2.75, 3.05) is 0 Å². The quantitative estimate of drug-likeness (QED) is 0.502. The second kappa shape index (κ2) is 7.47. The fraction of sp³-hybridized carbons (Fsp3) is 0.333. The molecule has 0 saturated heterocycles. The molecule has 1 saturated carbocycles. The van der Waals surface area contributed by atoms with Crippen molar-refractivity contribution in [1.29, 1.82) is 0 Å². The van der Waals surface area contributed by atoms with E-state index in [0.717, 1.165) is 11.1 Å². The lowest BCUT2D eigenvalue weighted by molar-refractivity contribution is 0.168. The molecule has 0 spiro atoms. The Labute approximate surface area is 169 Å². The SMILES string of the molecule is CC1CC(c2cccc(O)c2-c2ccccc2-c2ccccc2)CC(C)(C)C1.